The highest BCUT2D eigenvalue weighted by molar-refractivity contribution is 7.18. The van der Waals surface area contributed by atoms with Crippen LogP contribution in [-0.2, 0) is 21.7 Å². The van der Waals surface area contributed by atoms with Gasteiger partial charge in [-0.15, -0.1) is 22.7 Å². The van der Waals surface area contributed by atoms with Crippen LogP contribution in [0.1, 0.15) is 114 Å². The summed E-state index contributed by atoms with van der Waals surface area (Å²) in [6.45, 7) is 26.9. The number of rotatable bonds is 10. The molecule has 2 aromatic heterocycles. The minimum Gasteiger partial charge on any atom is -0.490 e. The molecule has 0 saturated carbocycles. The van der Waals surface area contributed by atoms with Crippen molar-refractivity contribution in [2.75, 3.05) is 0 Å². The van der Waals surface area contributed by atoms with E-state index in [0.717, 1.165) is 62.1 Å². The van der Waals surface area contributed by atoms with Gasteiger partial charge < -0.3 is 13.6 Å². The number of halogens is 1. The van der Waals surface area contributed by atoms with Crippen LogP contribution >= 0.6 is 22.7 Å². The van der Waals surface area contributed by atoms with Gasteiger partial charge in [-0.3, -0.25) is 0 Å². The summed E-state index contributed by atoms with van der Waals surface area (Å²) in [4.78, 5) is 11.4. The molecule has 2 atom stereocenters. The van der Waals surface area contributed by atoms with Crippen molar-refractivity contribution in [1.82, 2.24) is 9.97 Å². The molecule has 2 aliphatic carbocycles. The fraction of sp³-hybridized carbons (Fsp3) is 0.396. The van der Waals surface area contributed by atoms with Crippen molar-refractivity contribution >= 4 is 39.3 Å². The number of hydrogen-bond donors (Lipinski definition) is 0. The molecule has 0 spiro atoms. The molecule has 7 nitrogen and oxygen atoms in total. The van der Waals surface area contributed by atoms with Crippen molar-refractivity contribution in [2.24, 2.45) is 0 Å². The van der Waals surface area contributed by atoms with E-state index >= 15 is 0 Å². The quantitative estimate of drug-likeness (QED) is 0.126. The first-order chi connectivity index (χ1) is 30.6. The predicted octanol–water partition coefficient (Wildman–Crippen LogP) is 15.6. The number of fused-ring (bicyclic) bond motifs is 2. The maximum atomic E-state index is 13.7. The molecule has 8 rings (SSSR count). The van der Waals surface area contributed by atoms with Crippen LogP contribution in [0.5, 0.6) is 5.75 Å². The Kier molecular flexibility index (Phi) is 13.9. The van der Waals surface area contributed by atoms with Gasteiger partial charge in [0.1, 0.15) is 33.7 Å². The lowest BCUT2D eigenvalue weighted by atomic mass is 10.0. The highest BCUT2D eigenvalue weighted by Gasteiger charge is 2.42. The van der Waals surface area contributed by atoms with Gasteiger partial charge in [-0.1, -0.05) is 84.0 Å². The van der Waals surface area contributed by atoms with Crippen molar-refractivity contribution in [3.63, 3.8) is 0 Å². The Morgan fingerprint density at radius 2 is 1.11 bits per heavy atom. The Balaban J connectivity index is 0.000000195. The van der Waals surface area contributed by atoms with Crippen LogP contribution in [0.3, 0.4) is 0 Å². The van der Waals surface area contributed by atoms with Gasteiger partial charge in [0.05, 0.1) is 39.2 Å². The normalized spacial score (nSPS) is 16.1. The fourth-order valence-electron chi connectivity index (χ4n) is 7.90. The lowest BCUT2D eigenvalue weighted by molar-refractivity contribution is 0.185. The molecule has 0 N–H and O–H groups in total. The topological polar surface area (TPSA) is 101 Å². The lowest BCUT2D eigenvalue weighted by Gasteiger charge is -2.38. The first-order valence-corrected chi connectivity index (χ1v) is 30.0. The SMILES string of the molecule is CC(C)(C)[Si](C)(C)OC1CCc2c(-c3ncc(-c4ccc(F)c(C#N)c4)s3)cccc21.CC(C)Oc1ccc(-c2cnc(-c3cccc4c3CCC4O[Si](C)(C)C(C)(C)C)s2)cc1C#N. The van der Waals surface area contributed by atoms with Crippen LogP contribution < -0.4 is 4.74 Å². The van der Waals surface area contributed by atoms with Crippen LogP contribution in [0.2, 0.25) is 36.3 Å². The second-order valence-electron chi connectivity index (χ2n) is 20.4. The number of aromatic nitrogens is 2. The Morgan fingerprint density at radius 1 is 0.662 bits per heavy atom. The van der Waals surface area contributed by atoms with Gasteiger partial charge in [0.25, 0.3) is 0 Å². The summed E-state index contributed by atoms with van der Waals surface area (Å²) in [6, 6.07) is 27.5. The van der Waals surface area contributed by atoms with E-state index in [4.69, 9.17) is 23.8 Å². The summed E-state index contributed by atoms with van der Waals surface area (Å²) in [5.74, 6) is 0.129. The second-order valence-corrected chi connectivity index (χ2v) is 32.0. The number of benzene rings is 4. The van der Waals surface area contributed by atoms with Crippen LogP contribution in [0.15, 0.2) is 85.2 Å². The van der Waals surface area contributed by atoms with Crippen molar-refractivity contribution in [3.8, 4) is 59.9 Å². The van der Waals surface area contributed by atoms with Crippen molar-refractivity contribution in [1.29, 1.82) is 10.5 Å². The third kappa shape index (κ3) is 10.3. The van der Waals surface area contributed by atoms with E-state index in [0.29, 0.717) is 11.3 Å². The molecule has 0 fully saturated rings. The van der Waals surface area contributed by atoms with Crippen LogP contribution in [0.4, 0.5) is 4.39 Å². The van der Waals surface area contributed by atoms with Crippen molar-refractivity contribution in [2.45, 2.75) is 136 Å². The maximum Gasteiger partial charge on any atom is 0.192 e. The van der Waals surface area contributed by atoms with Crippen LogP contribution in [0, 0.1) is 28.5 Å². The van der Waals surface area contributed by atoms with E-state index in [1.165, 1.54) is 33.9 Å². The average molecular weight is 941 g/mol. The summed E-state index contributed by atoms with van der Waals surface area (Å²) in [5.41, 5.74) is 10.1. The molecular weight excluding hydrogens is 880 g/mol. The van der Waals surface area contributed by atoms with Crippen LogP contribution in [-0.4, -0.2) is 32.7 Å². The molecule has 2 heterocycles. The Hall–Kier alpha value is -4.80. The zero-order chi connectivity index (χ0) is 47.1. The van der Waals surface area contributed by atoms with Gasteiger partial charge in [0.15, 0.2) is 16.6 Å². The highest BCUT2D eigenvalue weighted by atomic mass is 32.1. The predicted molar refractivity (Wildman–Crippen MR) is 270 cm³/mol. The molecule has 338 valence electrons. The fourth-order valence-corrected chi connectivity index (χ4v) is 12.4. The monoisotopic (exact) mass is 940 g/mol. The second kappa shape index (κ2) is 18.8. The third-order valence-corrected chi connectivity index (χ3v) is 24.6. The van der Waals surface area contributed by atoms with Gasteiger partial charge in [-0.05, 0) is 140 Å². The standard InChI is InChI=1S/C28H34N2O2SSi.C25H27FN2OSSi/c1-18(2)31-24-13-11-19(15-20(24)16-29)26-17-30-27(33-26)23-10-8-9-22-21(23)12-14-25(22)32-34(6,7)28(3,4)5;1-25(2,3)31(4,5)29-22-12-10-18-19(22)7-6-8-20(18)24-28-15-23(30-24)16-9-11-21(26)17(13-16)14-27/h8-11,13,15,17-18,25H,12,14H2,1-7H3;6-9,11,13,15,22H,10,12H2,1-5H3. The zero-order valence-electron chi connectivity index (χ0n) is 39.9. The summed E-state index contributed by atoms with van der Waals surface area (Å²) < 4.78 is 33.0. The van der Waals surface area contributed by atoms with E-state index < -0.39 is 22.5 Å². The molecule has 0 bridgehead atoms. The number of nitrogens with zero attached hydrogens (tertiary/aromatic N) is 4. The van der Waals surface area contributed by atoms with Crippen LogP contribution in [0.25, 0.3) is 42.0 Å². The number of hydrogen-bond acceptors (Lipinski definition) is 9. The number of ether oxygens (including phenoxy) is 1. The van der Waals surface area contributed by atoms with Gasteiger partial charge in [-0.25, -0.2) is 14.4 Å². The summed E-state index contributed by atoms with van der Waals surface area (Å²) in [7, 11) is -3.71. The lowest BCUT2D eigenvalue weighted by Crippen LogP contribution is -2.41. The van der Waals surface area contributed by atoms with Crippen molar-refractivity contribution < 1.29 is 18.0 Å². The molecule has 0 saturated heterocycles. The number of thiazole rings is 2. The molecule has 2 unspecified atom stereocenters. The van der Waals surface area contributed by atoms with Gasteiger partial charge in [0.2, 0.25) is 0 Å². The first-order valence-electron chi connectivity index (χ1n) is 22.5. The first kappa shape index (κ1) is 48.1. The van der Waals surface area contributed by atoms with Gasteiger partial charge in [-0.2, -0.15) is 10.5 Å². The Morgan fingerprint density at radius 3 is 1.54 bits per heavy atom. The third-order valence-electron chi connectivity index (χ3n) is 13.5. The number of nitriles is 2. The van der Waals surface area contributed by atoms with E-state index in [2.05, 4.69) is 115 Å². The summed E-state index contributed by atoms with van der Waals surface area (Å²) in [6.07, 6.45) is 8.09. The molecule has 6 aromatic rings. The van der Waals surface area contributed by atoms with E-state index in [-0.39, 0.29) is 34.0 Å². The molecule has 0 amide bonds. The largest absolute Gasteiger partial charge is 0.490 e. The van der Waals surface area contributed by atoms with E-state index in [1.807, 2.05) is 50.5 Å². The molecule has 2 aliphatic rings. The Bertz CT molecular complexity index is 2790. The van der Waals surface area contributed by atoms with Crippen molar-refractivity contribution in [3.05, 3.63) is 124 Å². The summed E-state index contributed by atoms with van der Waals surface area (Å²) in [5, 5.41) is 21.0. The molecule has 4 aromatic carbocycles. The minimum absolute atomic E-state index is 0.0255. The van der Waals surface area contributed by atoms with Gasteiger partial charge >= 0.3 is 0 Å². The van der Waals surface area contributed by atoms with Gasteiger partial charge in [0, 0.05) is 23.5 Å². The molecule has 0 aliphatic heterocycles. The smallest absolute Gasteiger partial charge is 0.192 e. The zero-order valence-corrected chi connectivity index (χ0v) is 43.5. The average Bonchev–Trinajstić information content (AvgIpc) is 4.08. The summed E-state index contributed by atoms with van der Waals surface area (Å²) >= 11 is 3.24. The molecule has 0 radical (unpaired) electrons. The minimum atomic E-state index is -1.86. The van der Waals surface area contributed by atoms with E-state index in [1.54, 1.807) is 34.8 Å². The maximum absolute atomic E-state index is 13.7. The molecule has 12 heteroatoms. The van der Waals surface area contributed by atoms with E-state index in [9.17, 15) is 9.65 Å². The Labute approximate surface area is 395 Å². The highest BCUT2D eigenvalue weighted by Crippen LogP contribution is 2.48. The molecular formula is C53H61FN4O3S2Si2. The molecule has 65 heavy (non-hydrogen) atoms.